The number of amidine groups is 1. The number of ether oxygens (including phenoxy) is 1. The summed E-state index contributed by atoms with van der Waals surface area (Å²) in [6, 6.07) is 5.59. The summed E-state index contributed by atoms with van der Waals surface area (Å²) in [4.78, 5) is 8.00. The van der Waals surface area contributed by atoms with E-state index in [2.05, 4.69) is 31.1 Å². The Hall–Kier alpha value is -2.15. The molecule has 1 heterocycles. The zero-order valence-corrected chi connectivity index (χ0v) is 11.6. The third-order valence-electron chi connectivity index (χ3n) is 2.35. The molecular formula is C12H11BrN4O2. The van der Waals surface area contributed by atoms with Gasteiger partial charge in [0.2, 0.25) is 5.88 Å². The van der Waals surface area contributed by atoms with Crippen molar-refractivity contribution in [1.82, 2.24) is 9.97 Å². The topological polar surface area (TPSA) is 93.6 Å². The Labute approximate surface area is 118 Å². The first-order valence-corrected chi connectivity index (χ1v) is 6.13. The van der Waals surface area contributed by atoms with Crippen molar-refractivity contribution in [3.63, 3.8) is 0 Å². The molecule has 7 heteroatoms. The minimum Gasteiger partial charge on any atom is -0.437 e. The molecule has 98 valence electrons. The monoisotopic (exact) mass is 322 g/mol. The van der Waals surface area contributed by atoms with Crippen LogP contribution in [0.4, 0.5) is 0 Å². The predicted octanol–water partition coefficient (Wildman–Crippen LogP) is 2.43. The quantitative estimate of drug-likeness (QED) is 0.392. The summed E-state index contributed by atoms with van der Waals surface area (Å²) in [5, 5.41) is 11.3. The lowest BCUT2D eigenvalue weighted by molar-refractivity contribution is 0.318. The van der Waals surface area contributed by atoms with E-state index in [0.29, 0.717) is 11.6 Å². The lowest BCUT2D eigenvalue weighted by atomic mass is 10.2. The number of hydrogen-bond donors (Lipinski definition) is 2. The van der Waals surface area contributed by atoms with Crippen LogP contribution < -0.4 is 10.5 Å². The second-order valence-corrected chi connectivity index (χ2v) is 4.59. The number of nitrogens with zero attached hydrogens (tertiary/aromatic N) is 3. The molecule has 0 radical (unpaired) electrons. The van der Waals surface area contributed by atoms with Gasteiger partial charge in [0, 0.05) is 4.47 Å². The molecule has 19 heavy (non-hydrogen) atoms. The Morgan fingerprint density at radius 2 is 2.16 bits per heavy atom. The van der Waals surface area contributed by atoms with Gasteiger partial charge in [-0.2, -0.15) is 0 Å². The molecule has 0 saturated carbocycles. The first-order chi connectivity index (χ1) is 9.10. The van der Waals surface area contributed by atoms with Crippen LogP contribution in [-0.2, 0) is 0 Å². The lowest BCUT2D eigenvalue weighted by Gasteiger charge is -2.06. The molecule has 0 bridgehead atoms. The molecule has 3 N–H and O–H groups in total. The highest BCUT2D eigenvalue weighted by atomic mass is 79.9. The molecule has 0 spiro atoms. The van der Waals surface area contributed by atoms with Crippen molar-refractivity contribution in [3.05, 3.63) is 46.3 Å². The highest BCUT2D eigenvalue weighted by molar-refractivity contribution is 9.10. The number of hydrogen-bond acceptors (Lipinski definition) is 5. The molecule has 6 nitrogen and oxygen atoms in total. The molecular weight excluding hydrogens is 312 g/mol. The van der Waals surface area contributed by atoms with Crippen LogP contribution in [0.25, 0.3) is 0 Å². The van der Waals surface area contributed by atoms with Crippen LogP contribution in [0.1, 0.15) is 11.3 Å². The first kappa shape index (κ1) is 13.3. The molecule has 0 amide bonds. The zero-order valence-electron chi connectivity index (χ0n) is 10.0. The van der Waals surface area contributed by atoms with Gasteiger partial charge in [-0.15, -0.1) is 0 Å². The van der Waals surface area contributed by atoms with Crippen LogP contribution >= 0.6 is 15.9 Å². The molecule has 0 fully saturated rings. The smallest absolute Gasteiger partial charge is 0.237 e. The molecule has 0 aliphatic rings. The maximum Gasteiger partial charge on any atom is 0.237 e. The van der Waals surface area contributed by atoms with Gasteiger partial charge in [-0.3, -0.25) is 0 Å². The number of aromatic nitrogens is 2. The van der Waals surface area contributed by atoms with Gasteiger partial charge < -0.3 is 15.7 Å². The largest absolute Gasteiger partial charge is 0.437 e. The summed E-state index contributed by atoms with van der Waals surface area (Å²) in [6.07, 6.45) is 2.78. The second kappa shape index (κ2) is 5.66. The second-order valence-electron chi connectivity index (χ2n) is 3.74. The average Bonchev–Trinajstić information content (AvgIpc) is 2.43. The summed E-state index contributed by atoms with van der Waals surface area (Å²) in [5.74, 6) is 0.890. The Balaban J connectivity index is 2.17. The van der Waals surface area contributed by atoms with Crippen molar-refractivity contribution in [2.45, 2.75) is 6.92 Å². The number of rotatable bonds is 3. The van der Waals surface area contributed by atoms with Crippen molar-refractivity contribution in [1.29, 1.82) is 0 Å². The van der Waals surface area contributed by atoms with Gasteiger partial charge in [0.15, 0.2) is 5.84 Å². The molecule has 0 aliphatic carbocycles. The van der Waals surface area contributed by atoms with E-state index in [1.165, 1.54) is 12.4 Å². The molecule has 1 aromatic heterocycles. The Morgan fingerprint density at radius 1 is 1.37 bits per heavy atom. The van der Waals surface area contributed by atoms with Gasteiger partial charge in [-0.25, -0.2) is 9.97 Å². The molecule has 2 aromatic rings. The number of oxime groups is 1. The van der Waals surface area contributed by atoms with Crippen LogP contribution in [0.5, 0.6) is 11.6 Å². The maximum absolute atomic E-state index is 8.51. The first-order valence-electron chi connectivity index (χ1n) is 5.34. The Kier molecular flexibility index (Phi) is 3.96. The fourth-order valence-electron chi connectivity index (χ4n) is 1.35. The van der Waals surface area contributed by atoms with Crippen molar-refractivity contribution in [3.8, 4) is 11.6 Å². The van der Waals surface area contributed by atoms with Crippen molar-refractivity contribution in [2.75, 3.05) is 0 Å². The molecule has 0 atom stereocenters. The summed E-state index contributed by atoms with van der Waals surface area (Å²) in [6.45, 7) is 1.96. The van der Waals surface area contributed by atoms with E-state index in [0.717, 1.165) is 10.0 Å². The Bertz CT molecular complexity index is 614. The lowest BCUT2D eigenvalue weighted by Crippen LogP contribution is -2.15. The van der Waals surface area contributed by atoms with E-state index >= 15 is 0 Å². The summed E-state index contributed by atoms with van der Waals surface area (Å²) in [7, 11) is 0. The maximum atomic E-state index is 8.51. The average molecular weight is 323 g/mol. The van der Waals surface area contributed by atoms with Crippen molar-refractivity contribution >= 4 is 21.8 Å². The van der Waals surface area contributed by atoms with Gasteiger partial charge in [0.1, 0.15) is 11.4 Å². The van der Waals surface area contributed by atoms with Gasteiger partial charge in [0.25, 0.3) is 0 Å². The van der Waals surface area contributed by atoms with E-state index in [1.807, 2.05) is 25.1 Å². The van der Waals surface area contributed by atoms with E-state index in [-0.39, 0.29) is 11.5 Å². The third-order valence-corrected chi connectivity index (χ3v) is 3.24. The summed E-state index contributed by atoms with van der Waals surface area (Å²) in [5.41, 5.74) is 6.72. The van der Waals surface area contributed by atoms with Crippen LogP contribution in [-0.4, -0.2) is 21.0 Å². The number of nitrogens with two attached hydrogens (primary N) is 1. The molecule has 0 aliphatic heterocycles. The fraction of sp³-hybridized carbons (Fsp3) is 0.0833. The fourth-order valence-corrected chi connectivity index (χ4v) is 1.60. The van der Waals surface area contributed by atoms with Crippen LogP contribution in [0.3, 0.4) is 0 Å². The van der Waals surface area contributed by atoms with E-state index in [1.54, 1.807) is 0 Å². The molecule has 0 saturated heterocycles. The highest BCUT2D eigenvalue weighted by Crippen LogP contribution is 2.24. The molecule has 2 rings (SSSR count). The normalized spacial score (nSPS) is 11.4. The predicted molar refractivity (Wildman–Crippen MR) is 73.5 cm³/mol. The van der Waals surface area contributed by atoms with Gasteiger partial charge >= 0.3 is 0 Å². The van der Waals surface area contributed by atoms with Gasteiger partial charge in [0.05, 0.1) is 12.4 Å². The number of benzene rings is 1. The molecule has 0 unspecified atom stereocenters. The van der Waals surface area contributed by atoms with Crippen molar-refractivity contribution < 1.29 is 9.94 Å². The van der Waals surface area contributed by atoms with Crippen LogP contribution in [0.2, 0.25) is 0 Å². The van der Waals surface area contributed by atoms with Crippen LogP contribution in [0, 0.1) is 6.92 Å². The van der Waals surface area contributed by atoms with E-state index < -0.39 is 0 Å². The van der Waals surface area contributed by atoms with E-state index in [4.69, 9.17) is 15.7 Å². The van der Waals surface area contributed by atoms with E-state index in [9.17, 15) is 0 Å². The summed E-state index contributed by atoms with van der Waals surface area (Å²) < 4.78 is 6.55. The van der Waals surface area contributed by atoms with Gasteiger partial charge in [-0.05, 0) is 30.7 Å². The van der Waals surface area contributed by atoms with Crippen LogP contribution in [0.15, 0.2) is 40.2 Å². The number of aryl methyl sites for hydroxylation is 1. The SMILES string of the molecule is Cc1cc(Oc2cnc(/C(N)=N/O)cn2)ccc1Br. The Morgan fingerprint density at radius 3 is 2.74 bits per heavy atom. The third kappa shape index (κ3) is 3.19. The van der Waals surface area contributed by atoms with Crippen molar-refractivity contribution in [2.24, 2.45) is 10.9 Å². The standard InChI is InChI=1S/C12H11BrN4O2/c1-7-4-8(2-3-9(7)13)19-11-6-15-10(5-16-11)12(14)17-18/h2-6,18H,1H3,(H2,14,17). The zero-order chi connectivity index (χ0) is 13.8. The summed E-state index contributed by atoms with van der Waals surface area (Å²) >= 11 is 3.41. The minimum absolute atomic E-state index is 0.0986. The van der Waals surface area contributed by atoms with Gasteiger partial charge in [-0.1, -0.05) is 21.1 Å². The molecule has 1 aromatic carbocycles. The highest BCUT2D eigenvalue weighted by Gasteiger charge is 2.04. The minimum atomic E-state index is -0.0986. The number of halogens is 1.